The van der Waals surface area contributed by atoms with Gasteiger partial charge in [0.2, 0.25) is 0 Å². The van der Waals surface area contributed by atoms with Gasteiger partial charge in [-0.25, -0.2) is 9.97 Å². The summed E-state index contributed by atoms with van der Waals surface area (Å²) in [5.74, 6) is 0.523. The molecule has 1 aromatic carbocycles. The molecular weight excluding hydrogens is 280 g/mol. The number of aryl methyl sites for hydroxylation is 1. The Kier molecular flexibility index (Phi) is 4.29. The van der Waals surface area contributed by atoms with Crippen molar-refractivity contribution >= 4 is 17.4 Å². The van der Waals surface area contributed by atoms with Gasteiger partial charge in [0.05, 0.1) is 13.2 Å². The van der Waals surface area contributed by atoms with Gasteiger partial charge in [-0.1, -0.05) is 12.1 Å². The van der Waals surface area contributed by atoms with Crippen LogP contribution in [-0.4, -0.2) is 47.1 Å². The van der Waals surface area contributed by atoms with Crippen molar-refractivity contribution in [1.29, 1.82) is 0 Å². The van der Waals surface area contributed by atoms with Crippen LogP contribution in [0.4, 0.5) is 11.5 Å². The molecule has 1 fully saturated rings. The third kappa shape index (κ3) is 3.40. The minimum absolute atomic E-state index is 0.0852. The number of carbonyl (C=O) groups excluding carboxylic acids is 1. The molecule has 0 unspecified atom stereocenters. The van der Waals surface area contributed by atoms with E-state index in [1.807, 2.05) is 31.2 Å². The number of ether oxygens (including phenoxy) is 1. The summed E-state index contributed by atoms with van der Waals surface area (Å²) in [5, 5.41) is 3.20. The summed E-state index contributed by atoms with van der Waals surface area (Å²) < 4.78 is 5.26. The van der Waals surface area contributed by atoms with Crippen molar-refractivity contribution in [3.8, 4) is 0 Å². The Hall–Kier alpha value is -2.47. The fourth-order valence-electron chi connectivity index (χ4n) is 2.34. The minimum Gasteiger partial charge on any atom is -0.378 e. The number of nitrogens with zero attached hydrogens (tertiary/aromatic N) is 3. The van der Waals surface area contributed by atoms with Gasteiger partial charge in [-0.15, -0.1) is 0 Å². The van der Waals surface area contributed by atoms with Crippen molar-refractivity contribution in [3.05, 3.63) is 47.9 Å². The van der Waals surface area contributed by atoms with Gasteiger partial charge in [0.1, 0.15) is 17.8 Å². The highest BCUT2D eigenvalue weighted by Gasteiger charge is 2.20. The fourth-order valence-corrected chi connectivity index (χ4v) is 2.34. The topological polar surface area (TPSA) is 67.4 Å². The van der Waals surface area contributed by atoms with Crippen LogP contribution in [0.15, 0.2) is 36.7 Å². The number of amides is 1. The Morgan fingerprint density at radius 2 is 2.05 bits per heavy atom. The van der Waals surface area contributed by atoms with Crippen molar-refractivity contribution in [3.63, 3.8) is 0 Å². The Balaban J connectivity index is 1.75. The molecule has 0 aliphatic carbocycles. The fraction of sp³-hybridized carbons (Fsp3) is 0.312. The summed E-state index contributed by atoms with van der Waals surface area (Å²) >= 11 is 0. The molecule has 1 N–H and O–H groups in total. The van der Waals surface area contributed by atoms with E-state index in [-0.39, 0.29) is 5.91 Å². The van der Waals surface area contributed by atoms with Crippen molar-refractivity contribution < 1.29 is 9.53 Å². The molecule has 0 radical (unpaired) electrons. The van der Waals surface area contributed by atoms with E-state index in [0.717, 1.165) is 11.3 Å². The van der Waals surface area contributed by atoms with Gasteiger partial charge in [0, 0.05) is 24.8 Å². The molecule has 6 heteroatoms. The monoisotopic (exact) mass is 298 g/mol. The number of aromatic nitrogens is 2. The number of nitrogens with one attached hydrogen (secondary N) is 1. The van der Waals surface area contributed by atoms with E-state index in [4.69, 9.17) is 4.74 Å². The van der Waals surface area contributed by atoms with E-state index in [2.05, 4.69) is 15.3 Å². The van der Waals surface area contributed by atoms with Crippen molar-refractivity contribution in [2.75, 3.05) is 31.6 Å². The standard InChI is InChI=1S/C16H18N4O2/c1-12-3-2-4-13(9-12)19-15-10-14(17-11-18-15)16(21)20-5-7-22-8-6-20/h2-4,9-11H,5-8H2,1H3,(H,17,18,19). The zero-order chi connectivity index (χ0) is 15.4. The number of carbonyl (C=O) groups is 1. The maximum atomic E-state index is 12.4. The smallest absolute Gasteiger partial charge is 0.272 e. The second-order valence-electron chi connectivity index (χ2n) is 5.19. The molecule has 0 spiro atoms. The molecule has 2 heterocycles. The number of anilines is 2. The Morgan fingerprint density at radius 1 is 1.23 bits per heavy atom. The Bertz CT molecular complexity index is 669. The highest BCUT2D eigenvalue weighted by Crippen LogP contribution is 2.16. The highest BCUT2D eigenvalue weighted by molar-refractivity contribution is 5.93. The molecule has 2 aromatic rings. The molecule has 114 valence electrons. The quantitative estimate of drug-likeness (QED) is 0.938. The van der Waals surface area contributed by atoms with Gasteiger partial charge in [-0.3, -0.25) is 4.79 Å². The lowest BCUT2D eigenvalue weighted by molar-refractivity contribution is 0.0299. The largest absolute Gasteiger partial charge is 0.378 e. The molecule has 0 bridgehead atoms. The first-order valence-electron chi connectivity index (χ1n) is 7.25. The first-order chi connectivity index (χ1) is 10.7. The van der Waals surface area contributed by atoms with E-state index in [9.17, 15) is 4.79 Å². The van der Waals surface area contributed by atoms with Crippen molar-refractivity contribution in [2.45, 2.75) is 6.92 Å². The van der Waals surface area contributed by atoms with Gasteiger partial charge in [0.25, 0.3) is 5.91 Å². The van der Waals surface area contributed by atoms with Crippen molar-refractivity contribution in [2.24, 2.45) is 0 Å². The molecule has 22 heavy (non-hydrogen) atoms. The molecular formula is C16H18N4O2. The summed E-state index contributed by atoms with van der Waals surface area (Å²) in [4.78, 5) is 22.4. The average Bonchev–Trinajstić information content (AvgIpc) is 2.55. The molecule has 1 saturated heterocycles. The van der Waals surface area contributed by atoms with Crippen LogP contribution in [0, 0.1) is 6.92 Å². The van der Waals surface area contributed by atoms with E-state index in [1.54, 1.807) is 11.0 Å². The van der Waals surface area contributed by atoms with E-state index in [1.165, 1.54) is 6.33 Å². The van der Waals surface area contributed by atoms with Gasteiger partial charge >= 0.3 is 0 Å². The van der Waals surface area contributed by atoms with Crippen LogP contribution >= 0.6 is 0 Å². The van der Waals surface area contributed by atoms with Crippen LogP contribution < -0.4 is 5.32 Å². The highest BCUT2D eigenvalue weighted by atomic mass is 16.5. The number of benzene rings is 1. The minimum atomic E-state index is -0.0852. The lowest BCUT2D eigenvalue weighted by Crippen LogP contribution is -2.41. The first-order valence-corrected chi connectivity index (χ1v) is 7.25. The molecule has 1 amide bonds. The molecule has 3 rings (SSSR count). The van der Waals surface area contributed by atoms with E-state index in [0.29, 0.717) is 37.8 Å². The molecule has 1 aromatic heterocycles. The number of morpholine rings is 1. The van der Waals surface area contributed by atoms with Crippen molar-refractivity contribution in [1.82, 2.24) is 14.9 Å². The zero-order valence-electron chi connectivity index (χ0n) is 12.5. The lowest BCUT2D eigenvalue weighted by atomic mass is 10.2. The van der Waals surface area contributed by atoms with Gasteiger partial charge < -0.3 is 15.0 Å². The van der Waals surface area contributed by atoms with Gasteiger partial charge in [-0.2, -0.15) is 0 Å². The predicted molar refractivity (Wildman–Crippen MR) is 83.2 cm³/mol. The van der Waals surface area contributed by atoms with Crippen LogP contribution in [0.5, 0.6) is 0 Å². The number of hydrogen-bond donors (Lipinski definition) is 1. The van der Waals surface area contributed by atoms with E-state index >= 15 is 0 Å². The average molecular weight is 298 g/mol. The third-order valence-electron chi connectivity index (χ3n) is 3.47. The van der Waals surface area contributed by atoms with Gasteiger partial charge in [-0.05, 0) is 24.6 Å². The van der Waals surface area contributed by atoms with E-state index < -0.39 is 0 Å². The summed E-state index contributed by atoms with van der Waals surface area (Å²) in [6.45, 7) is 4.38. The maximum absolute atomic E-state index is 12.4. The number of hydrogen-bond acceptors (Lipinski definition) is 5. The zero-order valence-corrected chi connectivity index (χ0v) is 12.5. The normalized spacial score (nSPS) is 14.7. The van der Waals surface area contributed by atoms with Crippen LogP contribution in [0.3, 0.4) is 0 Å². The van der Waals surface area contributed by atoms with Crippen LogP contribution in [0.2, 0.25) is 0 Å². The molecule has 0 saturated carbocycles. The summed E-state index contributed by atoms with van der Waals surface area (Å²) in [7, 11) is 0. The lowest BCUT2D eigenvalue weighted by Gasteiger charge is -2.26. The summed E-state index contributed by atoms with van der Waals surface area (Å²) in [5.41, 5.74) is 2.49. The number of rotatable bonds is 3. The first kappa shape index (κ1) is 14.5. The van der Waals surface area contributed by atoms with Crippen LogP contribution in [0.25, 0.3) is 0 Å². The predicted octanol–water partition coefficient (Wildman–Crippen LogP) is 2.00. The summed E-state index contributed by atoms with van der Waals surface area (Å²) in [6, 6.07) is 9.65. The maximum Gasteiger partial charge on any atom is 0.272 e. The molecule has 6 nitrogen and oxygen atoms in total. The molecule has 1 aliphatic heterocycles. The Labute approximate surface area is 129 Å². The third-order valence-corrected chi connectivity index (χ3v) is 3.47. The Morgan fingerprint density at radius 3 is 2.82 bits per heavy atom. The second kappa shape index (κ2) is 6.53. The van der Waals surface area contributed by atoms with Crippen LogP contribution in [0.1, 0.15) is 16.1 Å². The molecule has 1 aliphatic rings. The second-order valence-corrected chi connectivity index (χ2v) is 5.19. The molecule has 0 atom stereocenters. The van der Waals surface area contributed by atoms with Crippen LogP contribution in [-0.2, 0) is 4.74 Å². The SMILES string of the molecule is Cc1cccc(Nc2cc(C(=O)N3CCOCC3)ncn2)c1. The summed E-state index contributed by atoms with van der Waals surface area (Å²) in [6.07, 6.45) is 1.41. The van der Waals surface area contributed by atoms with Gasteiger partial charge in [0.15, 0.2) is 0 Å².